The molecular weight excluding hydrogens is 422 g/mol. The summed E-state index contributed by atoms with van der Waals surface area (Å²) in [6.07, 6.45) is 6.21. The van der Waals surface area contributed by atoms with Crippen LogP contribution >= 0.6 is 0 Å². The number of carboxylic acid groups (broad SMARTS) is 1. The lowest BCUT2D eigenvalue weighted by Crippen LogP contribution is -2.34. The van der Waals surface area contributed by atoms with Gasteiger partial charge in [0.25, 0.3) is 0 Å². The number of rotatable bonds is 8. The van der Waals surface area contributed by atoms with Crippen LogP contribution in [0.1, 0.15) is 44.6 Å². The molecule has 1 fully saturated rings. The van der Waals surface area contributed by atoms with E-state index in [1.54, 1.807) is 19.4 Å². The third-order valence-electron chi connectivity index (χ3n) is 6.34. The van der Waals surface area contributed by atoms with Crippen LogP contribution in [-0.2, 0) is 11.2 Å². The van der Waals surface area contributed by atoms with Gasteiger partial charge in [0, 0.05) is 31.8 Å². The Morgan fingerprint density at radius 2 is 2.09 bits per heavy atom. The number of pyridine rings is 1. The molecule has 8 nitrogen and oxygen atoms in total. The quantitative estimate of drug-likeness (QED) is 0.541. The van der Waals surface area contributed by atoms with E-state index in [0.29, 0.717) is 41.0 Å². The molecule has 0 unspecified atom stereocenters. The van der Waals surface area contributed by atoms with Gasteiger partial charge in [-0.05, 0) is 61.8 Å². The number of aryl methyl sites for hydroxylation is 1. The van der Waals surface area contributed by atoms with Crippen molar-refractivity contribution in [2.75, 3.05) is 25.1 Å². The Morgan fingerprint density at radius 3 is 2.79 bits per heavy atom. The van der Waals surface area contributed by atoms with Crippen molar-refractivity contribution in [1.82, 2.24) is 9.97 Å². The second-order valence-electron chi connectivity index (χ2n) is 8.43. The van der Waals surface area contributed by atoms with Gasteiger partial charge in [0.05, 0.1) is 23.6 Å². The first-order valence-electron chi connectivity index (χ1n) is 11.4. The molecule has 0 bridgehead atoms. The van der Waals surface area contributed by atoms with Crippen molar-refractivity contribution in [3.05, 3.63) is 46.4 Å². The van der Waals surface area contributed by atoms with Crippen LogP contribution in [0.2, 0.25) is 0 Å². The molecular formula is C25H29N3O5. The van der Waals surface area contributed by atoms with E-state index in [1.165, 1.54) is 0 Å². The molecule has 0 atom stereocenters. The number of aromatic nitrogens is 2. The SMILES string of the molecule is CCc1cc(OC)cc2nc(-c3cccnc3N3CCC(CCCC(=O)O)CC3)oc(=O)c12. The lowest BCUT2D eigenvalue weighted by Gasteiger charge is -2.33. The predicted molar refractivity (Wildman–Crippen MR) is 126 cm³/mol. The molecule has 0 saturated carbocycles. The Kier molecular flexibility index (Phi) is 6.91. The molecule has 3 aromatic rings. The summed E-state index contributed by atoms with van der Waals surface area (Å²) in [6, 6.07) is 7.29. The zero-order valence-corrected chi connectivity index (χ0v) is 19.0. The van der Waals surface area contributed by atoms with E-state index in [9.17, 15) is 9.59 Å². The van der Waals surface area contributed by atoms with Gasteiger partial charge in [0.15, 0.2) is 0 Å². The summed E-state index contributed by atoms with van der Waals surface area (Å²) in [5.41, 5.74) is 1.65. The van der Waals surface area contributed by atoms with Gasteiger partial charge in [-0.2, -0.15) is 0 Å². The summed E-state index contributed by atoms with van der Waals surface area (Å²) in [7, 11) is 1.59. The lowest BCUT2D eigenvalue weighted by atomic mass is 9.91. The van der Waals surface area contributed by atoms with E-state index in [4.69, 9.17) is 14.3 Å². The van der Waals surface area contributed by atoms with Crippen LogP contribution in [0.25, 0.3) is 22.4 Å². The first-order valence-corrected chi connectivity index (χ1v) is 11.4. The maximum absolute atomic E-state index is 12.9. The smallest absolute Gasteiger partial charge is 0.347 e. The van der Waals surface area contributed by atoms with Gasteiger partial charge < -0.3 is 19.2 Å². The van der Waals surface area contributed by atoms with Gasteiger partial charge in [-0.15, -0.1) is 0 Å². The summed E-state index contributed by atoms with van der Waals surface area (Å²) in [5.74, 6) is 1.42. The zero-order chi connectivity index (χ0) is 23.4. The van der Waals surface area contributed by atoms with Crippen LogP contribution in [0.3, 0.4) is 0 Å². The third-order valence-corrected chi connectivity index (χ3v) is 6.34. The summed E-state index contributed by atoms with van der Waals surface area (Å²) in [4.78, 5) is 35.1. The number of benzene rings is 1. The fourth-order valence-corrected chi connectivity index (χ4v) is 4.56. The van der Waals surface area contributed by atoms with E-state index < -0.39 is 11.6 Å². The number of hydrogen-bond acceptors (Lipinski definition) is 7. The van der Waals surface area contributed by atoms with E-state index in [0.717, 1.165) is 43.7 Å². The van der Waals surface area contributed by atoms with Crippen molar-refractivity contribution in [3.8, 4) is 17.2 Å². The van der Waals surface area contributed by atoms with Gasteiger partial charge in [-0.3, -0.25) is 4.79 Å². The third kappa shape index (κ3) is 4.99. The molecule has 3 heterocycles. The number of ether oxygens (including phenoxy) is 1. The minimum atomic E-state index is -0.737. The van der Waals surface area contributed by atoms with Crippen LogP contribution in [0.15, 0.2) is 39.7 Å². The standard InChI is InChI=1S/C25H29N3O5/c1-3-17-14-18(32-2)15-20-22(17)25(31)33-24(27-20)19-7-5-11-26-23(19)28-12-9-16(10-13-28)6-4-8-21(29)30/h5,7,11,14-16H,3-4,6,8-10,12-13H2,1-2H3,(H,29,30). The first kappa shape index (κ1) is 22.8. The molecule has 2 aromatic heterocycles. The minimum Gasteiger partial charge on any atom is -0.497 e. The molecule has 0 amide bonds. The average molecular weight is 452 g/mol. The molecule has 1 N–H and O–H groups in total. The highest BCUT2D eigenvalue weighted by Gasteiger charge is 2.24. The monoisotopic (exact) mass is 451 g/mol. The Bertz CT molecular complexity index is 1200. The van der Waals surface area contributed by atoms with E-state index >= 15 is 0 Å². The van der Waals surface area contributed by atoms with Gasteiger partial charge >= 0.3 is 11.6 Å². The van der Waals surface area contributed by atoms with Gasteiger partial charge in [-0.25, -0.2) is 14.8 Å². The summed E-state index contributed by atoms with van der Waals surface area (Å²) in [6.45, 7) is 3.60. The fourth-order valence-electron chi connectivity index (χ4n) is 4.56. The summed E-state index contributed by atoms with van der Waals surface area (Å²) in [5, 5.41) is 9.34. The highest BCUT2D eigenvalue weighted by molar-refractivity contribution is 5.84. The second-order valence-corrected chi connectivity index (χ2v) is 8.43. The number of aliphatic carboxylic acids is 1. The molecule has 0 aliphatic carbocycles. The number of carboxylic acids is 1. The molecule has 8 heteroatoms. The number of carbonyl (C=O) groups is 1. The highest BCUT2D eigenvalue weighted by atomic mass is 16.5. The predicted octanol–water partition coefficient (Wildman–Crippen LogP) is 4.29. The molecule has 1 aliphatic rings. The Hall–Kier alpha value is -3.42. The number of fused-ring (bicyclic) bond motifs is 1. The van der Waals surface area contributed by atoms with Gasteiger partial charge in [0.2, 0.25) is 5.89 Å². The van der Waals surface area contributed by atoms with Crippen molar-refractivity contribution in [1.29, 1.82) is 0 Å². The maximum Gasteiger partial charge on any atom is 0.347 e. The topological polar surface area (TPSA) is 106 Å². The molecule has 4 rings (SSSR count). The van der Waals surface area contributed by atoms with Gasteiger partial charge in [-0.1, -0.05) is 6.92 Å². The number of hydrogen-bond donors (Lipinski definition) is 1. The minimum absolute atomic E-state index is 0.224. The average Bonchev–Trinajstić information content (AvgIpc) is 2.83. The Balaban J connectivity index is 1.62. The van der Waals surface area contributed by atoms with Crippen molar-refractivity contribution in [3.63, 3.8) is 0 Å². The van der Waals surface area contributed by atoms with Crippen LogP contribution < -0.4 is 15.3 Å². The van der Waals surface area contributed by atoms with Crippen LogP contribution in [0, 0.1) is 5.92 Å². The van der Waals surface area contributed by atoms with E-state index in [1.807, 2.05) is 25.1 Å². The fraction of sp³-hybridized carbons (Fsp3) is 0.440. The van der Waals surface area contributed by atoms with Crippen LogP contribution in [0.4, 0.5) is 5.82 Å². The molecule has 174 valence electrons. The molecule has 0 spiro atoms. The number of methoxy groups -OCH3 is 1. The summed E-state index contributed by atoms with van der Waals surface area (Å²) < 4.78 is 11.1. The number of nitrogens with zero attached hydrogens (tertiary/aromatic N) is 3. The number of piperidine rings is 1. The van der Waals surface area contributed by atoms with E-state index in [2.05, 4.69) is 14.9 Å². The molecule has 1 saturated heterocycles. The largest absolute Gasteiger partial charge is 0.497 e. The molecule has 33 heavy (non-hydrogen) atoms. The van der Waals surface area contributed by atoms with Crippen molar-refractivity contribution in [2.24, 2.45) is 5.92 Å². The zero-order valence-electron chi connectivity index (χ0n) is 19.0. The van der Waals surface area contributed by atoms with Crippen molar-refractivity contribution in [2.45, 2.75) is 45.4 Å². The molecule has 0 radical (unpaired) electrons. The van der Waals surface area contributed by atoms with E-state index in [-0.39, 0.29) is 12.3 Å². The van der Waals surface area contributed by atoms with Crippen LogP contribution in [-0.4, -0.2) is 41.2 Å². The Morgan fingerprint density at radius 1 is 1.30 bits per heavy atom. The maximum atomic E-state index is 12.9. The van der Waals surface area contributed by atoms with Crippen LogP contribution in [0.5, 0.6) is 5.75 Å². The summed E-state index contributed by atoms with van der Waals surface area (Å²) >= 11 is 0. The Labute approximate surface area is 192 Å². The lowest BCUT2D eigenvalue weighted by molar-refractivity contribution is -0.137. The first-order chi connectivity index (χ1) is 16.0. The number of anilines is 1. The molecule has 1 aromatic carbocycles. The highest BCUT2D eigenvalue weighted by Crippen LogP contribution is 2.33. The second kappa shape index (κ2) is 10.0. The molecule has 1 aliphatic heterocycles. The normalized spacial score (nSPS) is 14.5. The van der Waals surface area contributed by atoms with Gasteiger partial charge in [0.1, 0.15) is 11.6 Å². The van der Waals surface area contributed by atoms with Crippen molar-refractivity contribution < 1.29 is 19.1 Å². The van der Waals surface area contributed by atoms with Crippen molar-refractivity contribution >= 4 is 22.7 Å².